The summed E-state index contributed by atoms with van der Waals surface area (Å²) in [7, 11) is 0. The second-order valence-corrected chi connectivity index (χ2v) is 4.77. The third-order valence-electron chi connectivity index (χ3n) is 3.18. The molecule has 0 saturated carbocycles. The smallest absolute Gasteiger partial charge is 0.119 e. The highest BCUT2D eigenvalue weighted by Crippen LogP contribution is 2.16. The summed E-state index contributed by atoms with van der Waals surface area (Å²) in [5.41, 5.74) is 1.26. The first-order chi connectivity index (χ1) is 8.78. The van der Waals surface area contributed by atoms with Crippen molar-refractivity contribution in [3.05, 3.63) is 42.5 Å². The van der Waals surface area contributed by atoms with Gasteiger partial charge >= 0.3 is 0 Å². The standard InChI is InChI=1S/C15H21NO2/c1-2-10-18-15-7-5-13(6-8-15)11-16-9-3-4-14(17)12-16/h2,5-8,14,17H,1,3-4,9-12H2. The van der Waals surface area contributed by atoms with Crippen molar-refractivity contribution in [3.63, 3.8) is 0 Å². The Hall–Kier alpha value is -1.32. The van der Waals surface area contributed by atoms with E-state index in [1.54, 1.807) is 6.08 Å². The molecular weight excluding hydrogens is 226 g/mol. The van der Waals surface area contributed by atoms with Gasteiger partial charge in [-0.3, -0.25) is 4.90 Å². The highest BCUT2D eigenvalue weighted by atomic mass is 16.5. The van der Waals surface area contributed by atoms with Gasteiger partial charge in [-0.05, 0) is 37.1 Å². The number of benzene rings is 1. The van der Waals surface area contributed by atoms with Crippen molar-refractivity contribution < 1.29 is 9.84 Å². The highest BCUT2D eigenvalue weighted by molar-refractivity contribution is 5.27. The van der Waals surface area contributed by atoms with Gasteiger partial charge in [0.2, 0.25) is 0 Å². The first kappa shape index (κ1) is 13.1. The number of aliphatic hydroxyl groups excluding tert-OH is 1. The summed E-state index contributed by atoms with van der Waals surface area (Å²) in [5, 5.41) is 9.63. The topological polar surface area (TPSA) is 32.7 Å². The molecule has 0 amide bonds. The normalized spacial score (nSPS) is 20.6. The minimum atomic E-state index is -0.158. The lowest BCUT2D eigenvalue weighted by Gasteiger charge is -2.29. The summed E-state index contributed by atoms with van der Waals surface area (Å²) in [6.45, 7) is 6.92. The van der Waals surface area contributed by atoms with Gasteiger partial charge in [-0.2, -0.15) is 0 Å². The van der Waals surface area contributed by atoms with Crippen LogP contribution in [0.2, 0.25) is 0 Å². The Morgan fingerprint density at radius 3 is 2.83 bits per heavy atom. The Bertz CT molecular complexity index is 375. The van der Waals surface area contributed by atoms with Crippen molar-refractivity contribution in [2.24, 2.45) is 0 Å². The van der Waals surface area contributed by atoms with E-state index in [4.69, 9.17) is 4.74 Å². The Morgan fingerprint density at radius 1 is 1.39 bits per heavy atom. The molecule has 0 aromatic heterocycles. The van der Waals surface area contributed by atoms with Gasteiger partial charge in [0, 0.05) is 13.1 Å². The Morgan fingerprint density at radius 2 is 2.17 bits per heavy atom. The van der Waals surface area contributed by atoms with E-state index in [0.29, 0.717) is 6.61 Å². The van der Waals surface area contributed by atoms with E-state index in [1.807, 2.05) is 12.1 Å². The van der Waals surface area contributed by atoms with E-state index in [1.165, 1.54) is 5.56 Å². The molecule has 0 bridgehead atoms. The maximum Gasteiger partial charge on any atom is 0.119 e. The Labute approximate surface area is 109 Å². The quantitative estimate of drug-likeness (QED) is 0.810. The van der Waals surface area contributed by atoms with Gasteiger partial charge in [0.05, 0.1) is 6.10 Å². The summed E-state index contributed by atoms with van der Waals surface area (Å²) in [6, 6.07) is 8.14. The van der Waals surface area contributed by atoms with Crippen molar-refractivity contribution in [1.29, 1.82) is 0 Å². The number of hydrogen-bond acceptors (Lipinski definition) is 3. The van der Waals surface area contributed by atoms with E-state index in [9.17, 15) is 5.11 Å². The second kappa shape index (κ2) is 6.57. The van der Waals surface area contributed by atoms with Gasteiger partial charge in [-0.15, -0.1) is 0 Å². The molecule has 1 aliphatic heterocycles. The first-order valence-electron chi connectivity index (χ1n) is 6.51. The predicted octanol–water partition coefficient (Wildman–Crippen LogP) is 2.21. The number of likely N-dealkylation sites (tertiary alicyclic amines) is 1. The van der Waals surface area contributed by atoms with Crippen molar-refractivity contribution >= 4 is 0 Å². The van der Waals surface area contributed by atoms with Crippen molar-refractivity contribution in [2.75, 3.05) is 19.7 Å². The average molecular weight is 247 g/mol. The van der Waals surface area contributed by atoms with Crippen LogP contribution in [0.1, 0.15) is 18.4 Å². The van der Waals surface area contributed by atoms with E-state index in [0.717, 1.165) is 38.2 Å². The molecule has 1 heterocycles. The van der Waals surface area contributed by atoms with Gasteiger partial charge in [-0.1, -0.05) is 24.8 Å². The molecule has 1 N–H and O–H groups in total. The summed E-state index contributed by atoms with van der Waals surface area (Å²) < 4.78 is 5.45. The minimum Gasteiger partial charge on any atom is -0.490 e. The highest BCUT2D eigenvalue weighted by Gasteiger charge is 2.17. The fourth-order valence-electron chi connectivity index (χ4n) is 2.28. The molecule has 1 fully saturated rings. The van der Waals surface area contributed by atoms with Crippen LogP contribution >= 0.6 is 0 Å². The number of ether oxygens (including phenoxy) is 1. The van der Waals surface area contributed by atoms with Crippen LogP contribution in [0.5, 0.6) is 5.75 Å². The molecule has 1 atom stereocenters. The predicted molar refractivity (Wildman–Crippen MR) is 72.7 cm³/mol. The van der Waals surface area contributed by atoms with E-state index < -0.39 is 0 Å². The van der Waals surface area contributed by atoms with Crippen LogP contribution in [0, 0.1) is 0 Å². The first-order valence-corrected chi connectivity index (χ1v) is 6.51. The zero-order valence-corrected chi connectivity index (χ0v) is 10.7. The molecule has 0 aliphatic carbocycles. The van der Waals surface area contributed by atoms with Gasteiger partial charge in [0.15, 0.2) is 0 Å². The maximum atomic E-state index is 9.63. The number of nitrogens with zero attached hydrogens (tertiary/aromatic N) is 1. The summed E-state index contributed by atoms with van der Waals surface area (Å²) >= 11 is 0. The number of β-amino-alcohol motifs (C(OH)–C–C–N with tert-alkyl or cyclic N) is 1. The van der Waals surface area contributed by atoms with Gasteiger partial charge in [0.1, 0.15) is 12.4 Å². The lowest BCUT2D eigenvalue weighted by atomic mass is 10.1. The van der Waals surface area contributed by atoms with Crippen LogP contribution in [0.25, 0.3) is 0 Å². The zero-order chi connectivity index (χ0) is 12.8. The van der Waals surface area contributed by atoms with Crippen LogP contribution < -0.4 is 4.74 Å². The third-order valence-corrected chi connectivity index (χ3v) is 3.18. The lowest BCUT2D eigenvalue weighted by molar-refractivity contribution is 0.0668. The van der Waals surface area contributed by atoms with Crippen molar-refractivity contribution in [2.45, 2.75) is 25.5 Å². The molecule has 0 radical (unpaired) electrons. The van der Waals surface area contributed by atoms with Crippen molar-refractivity contribution in [1.82, 2.24) is 4.90 Å². The van der Waals surface area contributed by atoms with Crippen LogP contribution in [0.15, 0.2) is 36.9 Å². The molecule has 3 heteroatoms. The largest absolute Gasteiger partial charge is 0.490 e. The number of rotatable bonds is 5. The van der Waals surface area contributed by atoms with E-state index >= 15 is 0 Å². The molecule has 1 unspecified atom stereocenters. The SMILES string of the molecule is C=CCOc1ccc(CN2CCCC(O)C2)cc1. The molecule has 2 rings (SSSR count). The molecule has 1 aromatic carbocycles. The minimum absolute atomic E-state index is 0.158. The Balaban J connectivity index is 1.87. The fourth-order valence-corrected chi connectivity index (χ4v) is 2.28. The summed E-state index contributed by atoms with van der Waals surface area (Å²) in [4.78, 5) is 2.30. The molecule has 1 saturated heterocycles. The zero-order valence-electron chi connectivity index (χ0n) is 10.7. The van der Waals surface area contributed by atoms with Crippen LogP contribution in [0.3, 0.4) is 0 Å². The van der Waals surface area contributed by atoms with Gasteiger partial charge in [0.25, 0.3) is 0 Å². The third kappa shape index (κ3) is 3.86. The molecular formula is C15H21NO2. The van der Waals surface area contributed by atoms with Crippen LogP contribution in [0.4, 0.5) is 0 Å². The average Bonchev–Trinajstić information content (AvgIpc) is 2.38. The molecule has 18 heavy (non-hydrogen) atoms. The van der Waals surface area contributed by atoms with Gasteiger partial charge < -0.3 is 9.84 Å². The molecule has 1 aliphatic rings. The monoisotopic (exact) mass is 247 g/mol. The fraction of sp³-hybridized carbons (Fsp3) is 0.467. The van der Waals surface area contributed by atoms with Crippen molar-refractivity contribution in [3.8, 4) is 5.75 Å². The number of hydrogen-bond donors (Lipinski definition) is 1. The lowest BCUT2D eigenvalue weighted by Crippen LogP contribution is -2.37. The number of piperidine rings is 1. The molecule has 3 nitrogen and oxygen atoms in total. The van der Waals surface area contributed by atoms with Crippen LogP contribution in [-0.2, 0) is 6.54 Å². The molecule has 98 valence electrons. The Kier molecular flexibility index (Phi) is 4.79. The van der Waals surface area contributed by atoms with Crippen LogP contribution in [-0.4, -0.2) is 35.8 Å². The van der Waals surface area contributed by atoms with E-state index in [2.05, 4.69) is 23.6 Å². The maximum absolute atomic E-state index is 9.63. The summed E-state index contributed by atoms with van der Waals surface area (Å²) in [6.07, 6.45) is 3.60. The van der Waals surface area contributed by atoms with E-state index in [-0.39, 0.29) is 6.10 Å². The number of aliphatic hydroxyl groups is 1. The van der Waals surface area contributed by atoms with Gasteiger partial charge in [-0.25, -0.2) is 0 Å². The summed E-state index contributed by atoms with van der Waals surface area (Å²) in [5.74, 6) is 0.873. The second-order valence-electron chi connectivity index (χ2n) is 4.77. The molecule has 0 spiro atoms. The molecule has 1 aromatic rings.